The largest absolute Gasteiger partial charge is 0.490 e. The summed E-state index contributed by atoms with van der Waals surface area (Å²) in [6.07, 6.45) is 6.00. The molecule has 0 bridgehead atoms. The molecule has 0 aliphatic heterocycles. The van der Waals surface area contributed by atoms with Crippen LogP contribution >= 0.6 is 46.4 Å². The number of nitrogens with zero attached hydrogens (tertiary/aromatic N) is 1. The number of halogens is 4. The van der Waals surface area contributed by atoms with Crippen molar-refractivity contribution in [3.05, 3.63) is 68.1 Å². The Bertz CT molecular complexity index is 811. The van der Waals surface area contributed by atoms with Crippen LogP contribution in [0.3, 0.4) is 0 Å². The number of benzene rings is 2. The van der Waals surface area contributed by atoms with Crippen molar-refractivity contribution in [3.63, 3.8) is 0 Å². The van der Waals surface area contributed by atoms with Gasteiger partial charge in [-0.05, 0) is 36.5 Å². The molecule has 0 spiro atoms. The van der Waals surface area contributed by atoms with Crippen LogP contribution in [0.15, 0.2) is 52.1 Å². The van der Waals surface area contributed by atoms with Gasteiger partial charge in [-0.1, -0.05) is 75.8 Å². The van der Waals surface area contributed by atoms with Gasteiger partial charge in [0, 0.05) is 12.1 Å². The van der Waals surface area contributed by atoms with E-state index in [1.54, 1.807) is 18.3 Å². The molecular weight excluding hydrogens is 456 g/mol. The van der Waals surface area contributed by atoms with E-state index in [9.17, 15) is 0 Å². The number of hydrogen-bond donors (Lipinski definition) is 0. The van der Waals surface area contributed by atoms with Crippen molar-refractivity contribution in [3.8, 4) is 11.5 Å². The zero-order valence-electron chi connectivity index (χ0n) is 15.8. The van der Waals surface area contributed by atoms with Gasteiger partial charge in [0.25, 0.3) is 0 Å². The Morgan fingerprint density at radius 1 is 1.00 bits per heavy atom. The van der Waals surface area contributed by atoms with E-state index in [-0.39, 0.29) is 11.1 Å². The first-order chi connectivity index (χ1) is 14.0. The molecule has 4 nitrogen and oxygen atoms in total. The minimum Gasteiger partial charge on any atom is -0.490 e. The minimum absolute atomic E-state index is 0.137. The van der Waals surface area contributed by atoms with E-state index >= 15 is 0 Å². The molecule has 156 valence electrons. The van der Waals surface area contributed by atoms with Gasteiger partial charge >= 0.3 is 0 Å². The summed E-state index contributed by atoms with van der Waals surface area (Å²) < 4.78 is 11.4. The van der Waals surface area contributed by atoms with E-state index in [4.69, 9.17) is 55.9 Å². The third-order valence-corrected chi connectivity index (χ3v) is 4.72. The van der Waals surface area contributed by atoms with Crippen LogP contribution in [0, 0.1) is 0 Å². The average molecular weight is 477 g/mol. The lowest BCUT2D eigenvalue weighted by molar-refractivity contribution is 0.215. The van der Waals surface area contributed by atoms with Gasteiger partial charge in [-0.2, -0.15) is 0 Å². The lowest BCUT2D eigenvalue weighted by atomic mass is 10.1. The Balaban J connectivity index is 1.77. The molecule has 0 saturated carbocycles. The second kappa shape index (κ2) is 12.9. The van der Waals surface area contributed by atoms with Gasteiger partial charge in [-0.25, -0.2) is 0 Å². The van der Waals surface area contributed by atoms with E-state index < -0.39 is 0 Å². The summed E-state index contributed by atoms with van der Waals surface area (Å²) in [6, 6.07) is 11.5. The van der Waals surface area contributed by atoms with Gasteiger partial charge in [0.05, 0.1) is 22.9 Å². The molecule has 0 N–H and O–H groups in total. The molecule has 0 radical (unpaired) electrons. The van der Waals surface area contributed by atoms with Crippen molar-refractivity contribution in [2.75, 3.05) is 20.3 Å². The molecule has 0 fully saturated rings. The summed E-state index contributed by atoms with van der Waals surface area (Å²) in [5.74, 6) is 0.963. The average Bonchev–Trinajstić information content (AvgIpc) is 2.68. The smallest absolute Gasteiger partial charge is 0.156 e. The first-order valence-corrected chi connectivity index (χ1v) is 10.4. The van der Waals surface area contributed by atoms with E-state index in [1.165, 1.54) is 18.7 Å². The Labute approximate surface area is 190 Å². The fourth-order valence-corrected chi connectivity index (χ4v) is 3.15. The Kier molecular flexibility index (Phi) is 10.5. The van der Waals surface area contributed by atoms with Crippen LogP contribution in [0.25, 0.3) is 0 Å². The Morgan fingerprint density at radius 2 is 1.69 bits per heavy atom. The predicted octanol–water partition coefficient (Wildman–Crippen LogP) is 7.07. The second-order valence-electron chi connectivity index (χ2n) is 5.99. The topological polar surface area (TPSA) is 40.0 Å². The molecule has 29 heavy (non-hydrogen) atoms. The second-order valence-corrected chi connectivity index (χ2v) is 7.81. The molecule has 0 aromatic heterocycles. The van der Waals surface area contributed by atoms with Gasteiger partial charge in [-0.15, -0.1) is 0 Å². The number of ether oxygens (including phenoxy) is 2. The van der Waals surface area contributed by atoms with Crippen molar-refractivity contribution in [2.45, 2.75) is 19.3 Å². The highest BCUT2D eigenvalue weighted by Gasteiger charge is 2.10. The molecule has 8 heteroatoms. The van der Waals surface area contributed by atoms with Crippen molar-refractivity contribution in [1.29, 1.82) is 0 Å². The van der Waals surface area contributed by atoms with Gasteiger partial charge in [0.15, 0.2) is 5.75 Å². The summed E-state index contributed by atoms with van der Waals surface area (Å²) in [6.45, 7) is 0.734. The highest BCUT2D eigenvalue weighted by Crippen LogP contribution is 2.37. The maximum atomic E-state index is 6.26. The fourth-order valence-electron chi connectivity index (χ4n) is 2.45. The fraction of sp³-hybridized carbons (Fsp3) is 0.286. The van der Waals surface area contributed by atoms with Crippen LogP contribution in [-0.4, -0.2) is 26.5 Å². The number of unbranched alkanes of at least 4 members (excludes halogenated alkanes) is 1. The van der Waals surface area contributed by atoms with Gasteiger partial charge in [-0.3, -0.25) is 0 Å². The standard InChI is InChI=1S/C21H21Cl4NO3/c1-27-26-14-16-7-5-15(6-8-16)4-2-3-10-29-21-18(22)12-17(13-19(21)23)28-11-9-20(24)25/h5-9,12-14H,2-4,10-11H2,1H3. The Hall–Kier alpha value is -1.59. The number of rotatable bonds is 11. The first kappa shape index (κ1) is 23.7. The molecule has 0 atom stereocenters. The van der Waals surface area contributed by atoms with Crippen molar-refractivity contribution in [1.82, 2.24) is 0 Å². The van der Waals surface area contributed by atoms with E-state index in [2.05, 4.69) is 22.1 Å². The molecule has 0 aliphatic rings. The zero-order chi connectivity index (χ0) is 21.1. The summed E-state index contributed by atoms with van der Waals surface area (Å²) in [4.78, 5) is 4.67. The molecule has 0 amide bonds. The van der Waals surface area contributed by atoms with Crippen LogP contribution in [0.1, 0.15) is 24.0 Å². The minimum atomic E-state index is 0.137. The number of aryl methyl sites for hydroxylation is 1. The molecule has 0 heterocycles. The predicted molar refractivity (Wildman–Crippen MR) is 121 cm³/mol. The van der Waals surface area contributed by atoms with Gasteiger partial charge in [0.2, 0.25) is 0 Å². The lowest BCUT2D eigenvalue weighted by Gasteiger charge is -2.12. The monoisotopic (exact) mass is 475 g/mol. The van der Waals surface area contributed by atoms with Gasteiger partial charge < -0.3 is 14.3 Å². The number of oxime groups is 1. The molecule has 0 unspecified atom stereocenters. The van der Waals surface area contributed by atoms with Crippen molar-refractivity contribution >= 4 is 52.6 Å². The van der Waals surface area contributed by atoms with E-state index in [0.29, 0.717) is 28.2 Å². The van der Waals surface area contributed by atoms with Crippen LogP contribution in [0.2, 0.25) is 10.0 Å². The van der Waals surface area contributed by atoms with Crippen LogP contribution in [-0.2, 0) is 11.3 Å². The SMILES string of the molecule is CON=Cc1ccc(CCCCOc2c(Cl)cc(OCC=C(Cl)Cl)cc2Cl)cc1. The zero-order valence-corrected chi connectivity index (χ0v) is 18.9. The molecule has 0 saturated heterocycles. The quantitative estimate of drug-likeness (QED) is 0.197. The normalized spacial score (nSPS) is 10.8. The third-order valence-electron chi connectivity index (χ3n) is 3.85. The summed E-state index contributed by atoms with van der Waals surface area (Å²) in [5.41, 5.74) is 2.25. The summed E-state index contributed by atoms with van der Waals surface area (Å²) >= 11 is 23.6. The first-order valence-electron chi connectivity index (χ1n) is 8.91. The van der Waals surface area contributed by atoms with Crippen LogP contribution < -0.4 is 9.47 Å². The molecule has 2 aromatic carbocycles. The highest BCUT2D eigenvalue weighted by atomic mass is 35.5. The maximum absolute atomic E-state index is 6.26. The summed E-state index contributed by atoms with van der Waals surface area (Å²) in [7, 11) is 1.52. The third kappa shape index (κ3) is 8.75. The maximum Gasteiger partial charge on any atom is 0.156 e. The van der Waals surface area contributed by atoms with Gasteiger partial charge in [0.1, 0.15) is 24.0 Å². The van der Waals surface area contributed by atoms with Crippen molar-refractivity contribution < 1.29 is 14.3 Å². The van der Waals surface area contributed by atoms with Crippen molar-refractivity contribution in [2.24, 2.45) is 5.16 Å². The summed E-state index contributed by atoms with van der Waals surface area (Å²) in [5, 5.41) is 4.53. The van der Waals surface area contributed by atoms with E-state index in [0.717, 1.165) is 24.8 Å². The molecule has 2 rings (SSSR count). The molecule has 0 aliphatic carbocycles. The highest BCUT2D eigenvalue weighted by molar-refractivity contribution is 6.55. The van der Waals surface area contributed by atoms with Crippen LogP contribution in [0.5, 0.6) is 11.5 Å². The molecule has 2 aromatic rings. The number of hydrogen-bond acceptors (Lipinski definition) is 4. The lowest BCUT2D eigenvalue weighted by Crippen LogP contribution is -2.00. The Morgan fingerprint density at radius 3 is 2.31 bits per heavy atom. The molecular formula is C21H21Cl4NO3. The van der Waals surface area contributed by atoms with E-state index in [1.807, 2.05) is 12.1 Å². The van der Waals surface area contributed by atoms with Crippen LogP contribution in [0.4, 0.5) is 0 Å².